The minimum Gasteiger partial charge on any atom is -0.481 e. The normalized spacial score (nSPS) is 13.7. The molecule has 2 atom stereocenters. The summed E-state index contributed by atoms with van der Waals surface area (Å²) in [4.78, 5) is 39.3. The minimum atomic E-state index is -1.07. The number of carboxylic acids is 1. The van der Waals surface area contributed by atoms with Crippen LogP contribution in [0.2, 0.25) is 0 Å². The Hall–Kier alpha value is -1.99. The SMILES string of the molecule is CC(C)(C)OC(=O)N[C@H](CC(=O)O)C(c1ccccc1C(=O)N(CCCl)CCCl)C(C)(C)C. The van der Waals surface area contributed by atoms with E-state index in [0.29, 0.717) is 24.2 Å². The molecule has 0 saturated heterocycles. The number of carbonyl (C=O) groups excluding carboxylic acids is 2. The molecule has 186 valence electrons. The van der Waals surface area contributed by atoms with Crippen LogP contribution in [0.4, 0.5) is 4.79 Å². The lowest BCUT2D eigenvalue weighted by molar-refractivity contribution is -0.137. The fourth-order valence-electron chi connectivity index (χ4n) is 3.84. The molecule has 0 saturated carbocycles. The monoisotopic (exact) mass is 502 g/mol. The molecule has 2 amide bonds. The summed E-state index contributed by atoms with van der Waals surface area (Å²) in [5, 5.41) is 12.3. The first kappa shape index (κ1) is 29.0. The van der Waals surface area contributed by atoms with Gasteiger partial charge in [-0.1, -0.05) is 39.0 Å². The van der Waals surface area contributed by atoms with Gasteiger partial charge in [-0.3, -0.25) is 9.59 Å². The fraction of sp³-hybridized carbons (Fsp3) is 0.625. The maximum Gasteiger partial charge on any atom is 0.407 e. The highest BCUT2D eigenvalue weighted by atomic mass is 35.5. The summed E-state index contributed by atoms with van der Waals surface area (Å²) in [6.45, 7) is 11.7. The predicted molar refractivity (Wildman–Crippen MR) is 131 cm³/mol. The van der Waals surface area contributed by atoms with Crippen LogP contribution in [0, 0.1) is 5.41 Å². The third-order valence-corrected chi connectivity index (χ3v) is 5.29. The van der Waals surface area contributed by atoms with Crippen LogP contribution in [-0.4, -0.2) is 64.5 Å². The molecule has 0 aliphatic heterocycles. The first-order valence-corrected chi connectivity index (χ1v) is 12.0. The molecule has 7 nitrogen and oxygen atoms in total. The van der Waals surface area contributed by atoms with Gasteiger partial charge in [0.1, 0.15) is 5.60 Å². The lowest BCUT2D eigenvalue weighted by atomic mass is 9.70. The molecular weight excluding hydrogens is 467 g/mol. The van der Waals surface area contributed by atoms with Crippen molar-refractivity contribution >= 4 is 41.2 Å². The zero-order chi connectivity index (χ0) is 25.4. The number of halogens is 2. The second-order valence-corrected chi connectivity index (χ2v) is 10.7. The average molecular weight is 503 g/mol. The third kappa shape index (κ3) is 9.41. The Morgan fingerprint density at radius 3 is 2.03 bits per heavy atom. The molecule has 1 aromatic carbocycles. The van der Waals surface area contributed by atoms with Gasteiger partial charge in [0, 0.05) is 36.3 Å². The number of benzene rings is 1. The Bertz CT molecular complexity index is 812. The second-order valence-electron chi connectivity index (χ2n) is 9.95. The highest BCUT2D eigenvalue weighted by Gasteiger charge is 2.39. The molecule has 1 unspecified atom stereocenters. The van der Waals surface area contributed by atoms with Crippen molar-refractivity contribution in [2.75, 3.05) is 24.8 Å². The Labute approximate surface area is 206 Å². The largest absolute Gasteiger partial charge is 0.481 e. The number of hydrogen-bond donors (Lipinski definition) is 2. The number of carbonyl (C=O) groups is 3. The number of nitrogens with one attached hydrogen (secondary N) is 1. The van der Waals surface area contributed by atoms with Crippen LogP contribution in [0.15, 0.2) is 24.3 Å². The lowest BCUT2D eigenvalue weighted by Crippen LogP contribution is -2.47. The van der Waals surface area contributed by atoms with E-state index in [9.17, 15) is 19.5 Å². The highest BCUT2D eigenvalue weighted by Crippen LogP contribution is 2.40. The molecule has 1 aromatic rings. The van der Waals surface area contributed by atoms with Gasteiger partial charge in [-0.2, -0.15) is 0 Å². The van der Waals surface area contributed by atoms with E-state index in [2.05, 4.69) is 5.32 Å². The quantitative estimate of drug-likeness (QED) is 0.433. The summed E-state index contributed by atoms with van der Waals surface area (Å²) in [5.41, 5.74) is -0.178. The summed E-state index contributed by atoms with van der Waals surface area (Å²) < 4.78 is 5.38. The summed E-state index contributed by atoms with van der Waals surface area (Å²) in [7, 11) is 0. The zero-order valence-corrected chi connectivity index (χ0v) is 21.8. The molecular formula is C24H36Cl2N2O5. The van der Waals surface area contributed by atoms with Crippen molar-refractivity contribution in [2.45, 2.75) is 65.5 Å². The van der Waals surface area contributed by atoms with Crippen molar-refractivity contribution in [3.63, 3.8) is 0 Å². The Balaban J connectivity index is 3.53. The lowest BCUT2D eigenvalue weighted by Gasteiger charge is -2.39. The molecule has 0 bridgehead atoms. The predicted octanol–water partition coefficient (Wildman–Crippen LogP) is 5.10. The van der Waals surface area contributed by atoms with Crippen molar-refractivity contribution < 1.29 is 24.2 Å². The zero-order valence-electron chi connectivity index (χ0n) is 20.3. The molecule has 1 rings (SSSR count). The van der Waals surface area contributed by atoms with Crippen molar-refractivity contribution in [1.82, 2.24) is 10.2 Å². The first-order chi connectivity index (χ1) is 15.2. The van der Waals surface area contributed by atoms with Crippen molar-refractivity contribution in [2.24, 2.45) is 5.41 Å². The number of amides is 2. The van der Waals surface area contributed by atoms with Gasteiger partial charge in [0.2, 0.25) is 0 Å². The van der Waals surface area contributed by atoms with E-state index in [0.717, 1.165) is 0 Å². The summed E-state index contributed by atoms with van der Waals surface area (Å²) >= 11 is 11.8. The van der Waals surface area contributed by atoms with Crippen LogP contribution < -0.4 is 5.32 Å². The summed E-state index contributed by atoms with van der Waals surface area (Å²) in [6, 6.07) is 6.24. The van der Waals surface area contributed by atoms with Gasteiger partial charge in [0.15, 0.2) is 0 Å². The van der Waals surface area contributed by atoms with E-state index >= 15 is 0 Å². The van der Waals surface area contributed by atoms with E-state index < -0.39 is 35.0 Å². The van der Waals surface area contributed by atoms with Crippen LogP contribution in [0.25, 0.3) is 0 Å². The second kappa shape index (κ2) is 12.5. The van der Waals surface area contributed by atoms with Crippen LogP contribution in [0.3, 0.4) is 0 Å². The van der Waals surface area contributed by atoms with Crippen LogP contribution in [0.1, 0.15) is 69.8 Å². The van der Waals surface area contributed by atoms with Gasteiger partial charge in [-0.15, -0.1) is 23.2 Å². The van der Waals surface area contributed by atoms with Crippen molar-refractivity contribution in [3.8, 4) is 0 Å². The number of alkyl carbamates (subject to hydrolysis) is 1. The average Bonchev–Trinajstić information content (AvgIpc) is 2.64. The Kier molecular flexibility index (Phi) is 11.0. The molecule has 0 aliphatic carbocycles. The van der Waals surface area contributed by atoms with Gasteiger partial charge in [-0.25, -0.2) is 4.79 Å². The minimum absolute atomic E-state index is 0.243. The van der Waals surface area contributed by atoms with E-state index in [-0.39, 0.29) is 24.1 Å². The molecule has 0 aliphatic rings. The Morgan fingerprint density at radius 1 is 1.03 bits per heavy atom. The molecule has 2 N–H and O–H groups in total. The van der Waals surface area contributed by atoms with Gasteiger partial charge in [0.25, 0.3) is 5.91 Å². The number of rotatable bonds is 10. The Morgan fingerprint density at radius 2 is 1.58 bits per heavy atom. The first-order valence-electron chi connectivity index (χ1n) is 10.9. The van der Waals surface area contributed by atoms with Gasteiger partial charge in [0.05, 0.1) is 12.5 Å². The van der Waals surface area contributed by atoms with Crippen molar-refractivity contribution in [3.05, 3.63) is 35.4 Å². The molecule has 33 heavy (non-hydrogen) atoms. The number of aliphatic carboxylic acids is 1. The number of hydrogen-bond acceptors (Lipinski definition) is 4. The van der Waals surface area contributed by atoms with Crippen LogP contribution in [0.5, 0.6) is 0 Å². The smallest absolute Gasteiger partial charge is 0.407 e. The number of nitrogens with zero attached hydrogens (tertiary/aromatic N) is 1. The fourth-order valence-corrected chi connectivity index (χ4v) is 4.25. The maximum atomic E-state index is 13.4. The third-order valence-electron chi connectivity index (χ3n) is 4.95. The van der Waals surface area contributed by atoms with Gasteiger partial charge < -0.3 is 20.1 Å². The molecule has 0 spiro atoms. The summed E-state index contributed by atoms with van der Waals surface area (Å²) in [6.07, 6.45) is -1.05. The molecule has 0 aromatic heterocycles. The maximum absolute atomic E-state index is 13.4. The highest BCUT2D eigenvalue weighted by molar-refractivity contribution is 6.18. The van der Waals surface area contributed by atoms with E-state index in [1.807, 2.05) is 20.8 Å². The molecule has 0 fully saturated rings. The van der Waals surface area contributed by atoms with Gasteiger partial charge in [-0.05, 0) is 37.8 Å². The topological polar surface area (TPSA) is 95.9 Å². The van der Waals surface area contributed by atoms with Gasteiger partial charge >= 0.3 is 12.1 Å². The van der Waals surface area contributed by atoms with Crippen molar-refractivity contribution in [1.29, 1.82) is 0 Å². The standard InChI is InChI=1S/C24H36Cl2N2O5/c1-23(2,3)20(18(15-19(29)30)27-22(32)33-24(4,5)6)16-9-7-8-10-17(16)21(31)28(13-11-25)14-12-26/h7-10,18,20H,11-15H2,1-6H3,(H,27,32)(H,29,30)/t18-,20?/m1/s1. The molecule has 0 heterocycles. The van der Waals surface area contributed by atoms with E-state index in [4.69, 9.17) is 27.9 Å². The van der Waals surface area contributed by atoms with E-state index in [1.165, 1.54) is 0 Å². The number of ether oxygens (including phenoxy) is 1. The molecule has 9 heteroatoms. The number of carboxylic acid groups (broad SMARTS) is 1. The van der Waals surface area contributed by atoms with Crippen LogP contribution >= 0.6 is 23.2 Å². The van der Waals surface area contributed by atoms with E-state index in [1.54, 1.807) is 49.9 Å². The van der Waals surface area contributed by atoms with Crippen LogP contribution in [-0.2, 0) is 9.53 Å². The summed E-state index contributed by atoms with van der Waals surface area (Å²) in [5.74, 6) is -1.30. The number of alkyl halides is 2. The molecule has 0 radical (unpaired) electrons.